The van der Waals surface area contributed by atoms with Crippen LogP contribution in [-0.4, -0.2) is 84.3 Å². The van der Waals surface area contributed by atoms with Crippen LogP contribution in [0, 0.1) is 18.8 Å². The van der Waals surface area contributed by atoms with Gasteiger partial charge in [0.15, 0.2) is 5.82 Å². The standard InChI is InChI=1S/C44H48BrN5O7/c1-27-20-40(47-46-22-27)48-18-16-31(24-48)57-38-15-14-36(45)35-17-19-50(37(41(35)38)25-49-23-28-8-4-5-9-32(28)42(49)51)43(52)33-10-6-7-11-34(33)44(53)56-26-29-12-13-30(54-2)21-39(29)55-3/h4-5,8-9,12-15,20-22,31,33-34,37H,6-7,10-11,16-19,23-26H2,1-3H3/t31-,33+,34-,37+/m0/s1. The maximum Gasteiger partial charge on any atom is 0.310 e. The number of fused-ring (bicyclic) bond motifs is 2. The molecule has 1 saturated carbocycles. The van der Waals surface area contributed by atoms with E-state index in [4.69, 9.17) is 18.9 Å². The Hall–Kier alpha value is -5.17. The van der Waals surface area contributed by atoms with Crippen molar-refractivity contribution in [3.05, 3.63) is 105 Å². The van der Waals surface area contributed by atoms with Crippen molar-refractivity contribution in [1.82, 2.24) is 20.0 Å². The molecule has 4 heterocycles. The molecule has 3 aliphatic heterocycles. The summed E-state index contributed by atoms with van der Waals surface area (Å²) in [6.45, 7) is 4.63. The predicted octanol–water partition coefficient (Wildman–Crippen LogP) is 6.85. The molecule has 12 nitrogen and oxygen atoms in total. The highest BCUT2D eigenvalue weighted by atomic mass is 79.9. The second-order valence-corrected chi connectivity index (χ2v) is 16.3. The molecule has 57 heavy (non-hydrogen) atoms. The summed E-state index contributed by atoms with van der Waals surface area (Å²) in [6, 6.07) is 18.6. The van der Waals surface area contributed by atoms with Crippen LogP contribution in [0.3, 0.4) is 0 Å². The van der Waals surface area contributed by atoms with E-state index in [9.17, 15) is 9.59 Å². The van der Waals surface area contributed by atoms with Gasteiger partial charge in [-0.15, -0.1) is 5.10 Å². The van der Waals surface area contributed by atoms with Gasteiger partial charge in [0.2, 0.25) is 5.91 Å². The van der Waals surface area contributed by atoms with Crippen LogP contribution in [0.15, 0.2) is 71.3 Å². The van der Waals surface area contributed by atoms with Crippen LogP contribution in [0.5, 0.6) is 17.2 Å². The number of aryl methyl sites for hydroxylation is 1. The van der Waals surface area contributed by atoms with Crippen LogP contribution in [0.2, 0.25) is 0 Å². The highest BCUT2D eigenvalue weighted by molar-refractivity contribution is 9.10. The Morgan fingerprint density at radius 2 is 1.75 bits per heavy atom. The fraction of sp³-hybridized carbons (Fsp3) is 0.432. The van der Waals surface area contributed by atoms with Crippen LogP contribution in [0.1, 0.15) is 76.3 Å². The average Bonchev–Trinajstić information content (AvgIpc) is 3.84. The fourth-order valence-corrected chi connectivity index (χ4v) is 9.52. The molecule has 2 amide bonds. The zero-order valence-electron chi connectivity index (χ0n) is 32.6. The molecule has 3 aromatic carbocycles. The highest BCUT2D eigenvalue weighted by Crippen LogP contribution is 2.44. The zero-order chi connectivity index (χ0) is 39.6. The number of methoxy groups -OCH3 is 2. The second-order valence-electron chi connectivity index (χ2n) is 15.4. The minimum Gasteiger partial charge on any atom is -0.497 e. The summed E-state index contributed by atoms with van der Waals surface area (Å²) >= 11 is 3.83. The first kappa shape index (κ1) is 38.7. The van der Waals surface area contributed by atoms with Gasteiger partial charge in [-0.05, 0) is 79.3 Å². The van der Waals surface area contributed by atoms with Gasteiger partial charge in [-0.1, -0.05) is 47.0 Å². The third kappa shape index (κ3) is 7.90. The van der Waals surface area contributed by atoms with E-state index in [2.05, 4.69) is 31.0 Å². The van der Waals surface area contributed by atoms with E-state index in [0.29, 0.717) is 67.3 Å². The molecule has 2 fully saturated rings. The lowest BCUT2D eigenvalue weighted by Crippen LogP contribution is -2.50. The van der Waals surface area contributed by atoms with Crippen molar-refractivity contribution in [1.29, 1.82) is 0 Å². The number of ether oxygens (including phenoxy) is 4. The van der Waals surface area contributed by atoms with Gasteiger partial charge in [0, 0.05) is 59.8 Å². The molecule has 0 spiro atoms. The Bertz CT molecular complexity index is 2170. The quantitative estimate of drug-likeness (QED) is 0.148. The summed E-state index contributed by atoms with van der Waals surface area (Å²) in [5, 5.41) is 8.52. The third-order valence-corrected chi connectivity index (χ3v) is 12.7. The maximum absolute atomic E-state index is 15.1. The van der Waals surface area contributed by atoms with Gasteiger partial charge in [-0.25, -0.2) is 0 Å². The monoisotopic (exact) mass is 837 g/mol. The first-order valence-corrected chi connectivity index (χ1v) is 20.6. The number of nitrogens with zero attached hydrogens (tertiary/aromatic N) is 5. The number of hydrogen-bond donors (Lipinski definition) is 0. The molecular weight excluding hydrogens is 790 g/mol. The van der Waals surface area contributed by atoms with Crippen molar-refractivity contribution in [2.24, 2.45) is 11.8 Å². The molecule has 13 heteroatoms. The van der Waals surface area contributed by atoms with E-state index in [-0.39, 0.29) is 37.0 Å². The minimum atomic E-state index is -0.595. The fourth-order valence-electron chi connectivity index (χ4n) is 8.97. The molecule has 4 aromatic rings. The molecule has 1 saturated heterocycles. The number of halogens is 1. The number of aromatic nitrogens is 2. The van der Waals surface area contributed by atoms with Crippen LogP contribution in [0.4, 0.5) is 5.82 Å². The topological polar surface area (TPSA) is 124 Å². The normalized spacial score (nSPS) is 21.5. The summed E-state index contributed by atoms with van der Waals surface area (Å²) in [5.41, 5.74) is 5.39. The number of anilines is 1. The van der Waals surface area contributed by atoms with Crippen molar-refractivity contribution in [2.45, 2.75) is 70.7 Å². The van der Waals surface area contributed by atoms with E-state index < -0.39 is 17.9 Å². The summed E-state index contributed by atoms with van der Waals surface area (Å²) in [6.07, 6.45) is 5.83. The van der Waals surface area contributed by atoms with Crippen LogP contribution >= 0.6 is 15.9 Å². The minimum absolute atomic E-state index is 0.0184. The molecule has 1 aliphatic carbocycles. The predicted molar refractivity (Wildman–Crippen MR) is 216 cm³/mol. The van der Waals surface area contributed by atoms with Gasteiger partial charge in [0.05, 0.1) is 44.8 Å². The van der Waals surface area contributed by atoms with Gasteiger partial charge >= 0.3 is 5.97 Å². The lowest BCUT2D eigenvalue weighted by molar-refractivity contribution is -0.159. The largest absolute Gasteiger partial charge is 0.497 e. The second kappa shape index (κ2) is 16.7. The van der Waals surface area contributed by atoms with E-state index >= 15 is 4.79 Å². The van der Waals surface area contributed by atoms with Crippen molar-refractivity contribution < 1.29 is 33.3 Å². The number of hydrogen-bond acceptors (Lipinski definition) is 10. The van der Waals surface area contributed by atoms with Gasteiger partial charge in [-0.3, -0.25) is 14.4 Å². The van der Waals surface area contributed by atoms with Gasteiger partial charge < -0.3 is 33.6 Å². The molecule has 4 aliphatic rings. The maximum atomic E-state index is 15.1. The summed E-state index contributed by atoms with van der Waals surface area (Å²) in [5.74, 6) is 1.04. The number of carbonyl (C=O) groups excluding carboxylic acids is 3. The summed E-state index contributed by atoms with van der Waals surface area (Å²) in [4.78, 5) is 48.8. The molecule has 0 unspecified atom stereocenters. The van der Waals surface area contributed by atoms with Gasteiger partial charge in [-0.2, -0.15) is 5.10 Å². The Morgan fingerprint density at radius 1 is 0.930 bits per heavy atom. The molecule has 0 N–H and O–H groups in total. The van der Waals surface area contributed by atoms with Crippen molar-refractivity contribution in [3.8, 4) is 17.2 Å². The lowest BCUT2D eigenvalue weighted by Gasteiger charge is -2.43. The Labute approximate surface area is 341 Å². The number of carbonyl (C=O) groups is 3. The first-order valence-electron chi connectivity index (χ1n) is 19.8. The van der Waals surface area contributed by atoms with Gasteiger partial charge in [0.1, 0.15) is 30.0 Å². The average molecular weight is 839 g/mol. The van der Waals surface area contributed by atoms with Crippen LogP contribution < -0.4 is 19.1 Å². The van der Waals surface area contributed by atoms with Gasteiger partial charge in [0.25, 0.3) is 5.91 Å². The lowest BCUT2D eigenvalue weighted by atomic mass is 9.77. The Morgan fingerprint density at radius 3 is 2.54 bits per heavy atom. The van der Waals surface area contributed by atoms with E-state index in [0.717, 1.165) is 58.4 Å². The van der Waals surface area contributed by atoms with Crippen molar-refractivity contribution in [3.63, 3.8) is 0 Å². The molecule has 1 aromatic heterocycles. The SMILES string of the molecule is COc1ccc(COC(=O)[C@H]2CCCC[C@H]2C(=O)N2CCc3c(Br)ccc(O[C@H]4CCN(c5cc(C)cnn5)C4)c3[C@H]2CN2Cc3ccccc3C2=O)c(OC)c1. The van der Waals surface area contributed by atoms with Crippen LogP contribution in [0.25, 0.3) is 0 Å². The molecule has 8 rings (SSSR count). The third-order valence-electron chi connectivity index (χ3n) is 11.9. The molecular formula is C44H48BrN5O7. The van der Waals surface area contributed by atoms with Crippen molar-refractivity contribution in [2.75, 3.05) is 45.3 Å². The van der Waals surface area contributed by atoms with E-state index in [1.54, 1.807) is 32.5 Å². The van der Waals surface area contributed by atoms with E-state index in [1.165, 1.54) is 0 Å². The first-order chi connectivity index (χ1) is 27.7. The Balaban J connectivity index is 1.08. The molecule has 0 bridgehead atoms. The molecule has 298 valence electrons. The molecule has 4 atom stereocenters. The zero-order valence-corrected chi connectivity index (χ0v) is 34.2. The summed E-state index contributed by atoms with van der Waals surface area (Å²) in [7, 11) is 3.15. The highest BCUT2D eigenvalue weighted by Gasteiger charge is 2.45. The van der Waals surface area contributed by atoms with E-state index in [1.807, 2.05) is 65.3 Å². The van der Waals surface area contributed by atoms with Crippen molar-refractivity contribution >= 4 is 39.5 Å². The number of amides is 2. The number of esters is 1. The smallest absolute Gasteiger partial charge is 0.310 e. The number of benzene rings is 3. The Kier molecular flexibility index (Phi) is 11.4. The number of rotatable bonds is 11. The molecule has 0 radical (unpaired) electrons. The van der Waals surface area contributed by atoms with Crippen LogP contribution in [-0.2, 0) is 33.9 Å². The summed E-state index contributed by atoms with van der Waals surface area (Å²) < 4.78 is 24.6.